The maximum Gasteiger partial charge on any atom is 0.408 e. The summed E-state index contributed by atoms with van der Waals surface area (Å²) in [7, 11) is 3.83. The van der Waals surface area contributed by atoms with E-state index >= 15 is 0 Å². The van der Waals surface area contributed by atoms with Crippen molar-refractivity contribution in [3.63, 3.8) is 0 Å². The number of hydrogen-bond acceptors (Lipinski definition) is 5. The molecular weight excluding hydrogens is 404 g/mol. The van der Waals surface area contributed by atoms with Gasteiger partial charge in [-0.1, -0.05) is 42.5 Å². The van der Waals surface area contributed by atoms with Crippen molar-refractivity contribution in [2.24, 2.45) is 0 Å². The summed E-state index contributed by atoms with van der Waals surface area (Å²) in [4.78, 5) is 14.9. The van der Waals surface area contributed by atoms with E-state index < -0.39 is 6.09 Å². The second kappa shape index (κ2) is 8.17. The molecule has 0 saturated heterocycles. The van der Waals surface area contributed by atoms with Crippen LogP contribution in [-0.4, -0.2) is 43.9 Å². The van der Waals surface area contributed by atoms with Crippen LogP contribution in [-0.2, 0) is 16.7 Å². The fourth-order valence-electron chi connectivity index (χ4n) is 5.33. The van der Waals surface area contributed by atoms with Crippen LogP contribution in [0.5, 0.6) is 11.5 Å². The molecular formula is C26H30N2O4. The number of nitrogens with one attached hydrogen (secondary N) is 1. The molecule has 0 fully saturated rings. The van der Waals surface area contributed by atoms with Gasteiger partial charge >= 0.3 is 6.09 Å². The third-order valence-electron chi connectivity index (χ3n) is 7.02. The molecule has 0 unspecified atom stereocenters. The Morgan fingerprint density at radius 2 is 2.06 bits per heavy atom. The van der Waals surface area contributed by atoms with Crippen LogP contribution in [0.25, 0.3) is 0 Å². The molecule has 6 nitrogen and oxygen atoms in total. The van der Waals surface area contributed by atoms with Gasteiger partial charge in [0.15, 0.2) is 11.5 Å². The monoisotopic (exact) mass is 434 g/mol. The Bertz CT molecular complexity index is 1040. The molecule has 1 amide bonds. The number of carbonyl (C=O) groups is 1. The number of methoxy groups -OCH3 is 1. The van der Waals surface area contributed by atoms with Gasteiger partial charge in [-0.3, -0.25) is 0 Å². The average molecular weight is 435 g/mol. The highest BCUT2D eigenvalue weighted by Gasteiger charge is 2.53. The van der Waals surface area contributed by atoms with Gasteiger partial charge in [-0.25, -0.2) is 4.79 Å². The van der Waals surface area contributed by atoms with Crippen molar-refractivity contribution in [1.82, 2.24) is 10.2 Å². The summed E-state index contributed by atoms with van der Waals surface area (Å²) in [6.45, 7) is 3.81. The number of hydrogen-bond donors (Lipinski definition) is 1. The Morgan fingerprint density at radius 3 is 2.84 bits per heavy atom. The summed E-state index contributed by atoms with van der Waals surface area (Å²) in [6, 6.07) is 13.9. The topological polar surface area (TPSA) is 60.0 Å². The molecule has 4 atom stereocenters. The van der Waals surface area contributed by atoms with Gasteiger partial charge in [-0.15, -0.1) is 0 Å². The summed E-state index contributed by atoms with van der Waals surface area (Å²) < 4.78 is 17.9. The SMILES string of the molecule is COc1ccc2c3c1O[C@H]1C[C@@H](OC(=O)N[C@H](C)c4ccccc4)C=C[C@@]31CCN(C)C2. The molecule has 32 heavy (non-hydrogen) atoms. The molecule has 2 heterocycles. The minimum Gasteiger partial charge on any atom is -0.493 e. The molecule has 0 bridgehead atoms. The summed E-state index contributed by atoms with van der Waals surface area (Å²) in [5, 5.41) is 2.94. The second-order valence-electron chi connectivity index (χ2n) is 9.08. The number of alkyl carbamates (subject to hydrolysis) is 1. The van der Waals surface area contributed by atoms with E-state index in [0.29, 0.717) is 6.42 Å². The molecule has 2 aromatic rings. The number of nitrogens with zero attached hydrogens (tertiary/aromatic N) is 1. The lowest BCUT2D eigenvalue weighted by Crippen LogP contribution is -2.44. The van der Waals surface area contributed by atoms with Crippen molar-refractivity contribution < 1.29 is 19.0 Å². The lowest BCUT2D eigenvalue weighted by molar-refractivity contribution is 0.0594. The number of carbonyl (C=O) groups excluding carboxylic acids is 1. The van der Waals surface area contributed by atoms with E-state index in [0.717, 1.165) is 36.6 Å². The normalized spacial score (nSPS) is 26.8. The first-order chi connectivity index (χ1) is 15.5. The van der Waals surface area contributed by atoms with Crippen molar-refractivity contribution >= 4 is 6.09 Å². The van der Waals surface area contributed by atoms with Gasteiger partial charge in [0.1, 0.15) is 12.2 Å². The van der Waals surface area contributed by atoms with E-state index in [1.54, 1.807) is 7.11 Å². The fraction of sp³-hybridized carbons (Fsp3) is 0.423. The van der Waals surface area contributed by atoms with E-state index in [4.69, 9.17) is 14.2 Å². The molecule has 1 N–H and O–H groups in total. The first-order valence-electron chi connectivity index (χ1n) is 11.3. The van der Waals surface area contributed by atoms with Gasteiger partial charge in [-0.2, -0.15) is 0 Å². The fourth-order valence-corrected chi connectivity index (χ4v) is 5.33. The van der Waals surface area contributed by atoms with Gasteiger partial charge in [-0.05, 0) is 50.2 Å². The average Bonchev–Trinajstić information content (AvgIpc) is 3.05. The lowest BCUT2D eigenvalue weighted by atomic mass is 9.69. The first-order valence-corrected chi connectivity index (χ1v) is 11.3. The van der Waals surface area contributed by atoms with Gasteiger partial charge in [0.25, 0.3) is 0 Å². The molecule has 0 radical (unpaired) electrons. The zero-order chi connectivity index (χ0) is 22.3. The van der Waals surface area contributed by atoms with Crippen molar-refractivity contribution in [1.29, 1.82) is 0 Å². The number of rotatable bonds is 4. The predicted octanol–water partition coefficient (Wildman–Crippen LogP) is 4.35. The molecule has 2 aliphatic heterocycles. The maximum absolute atomic E-state index is 12.6. The summed E-state index contributed by atoms with van der Waals surface area (Å²) in [5.74, 6) is 1.61. The molecule has 1 aliphatic carbocycles. The third-order valence-corrected chi connectivity index (χ3v) is 7.02. The molecule has 2 aromatic carbocycles. The van der Waals surface area contributed by atoms with Gasteiger partial charge in [0, 0.05) is 18.5 Å². The van der Waals surface area contributed by atoms with Crippen LogP contribution in [0.1, 0.15) is 42.5 Å². The van der Waals surface area contributed by atoms with Crippen LogP contribution in [0.15, 0.2) is 54.6 Å². The summed E-state index contributed by atoms with van der Waals surface area (Å²) in [5.41, 5.74) is 3.35. The highest BCUT2D eigenvalue weighted by Crippen LogP contribution is 2.55. The predicted molar refractivity (Wildman–Crippen MR) is 122 cm³/mol. The molecule has 1 spiro atoms. The Hall–Kier alpha value is -2.99. The number of amides is 1. The quantitative estimate of drug-likeness (QED) is 0.726. The summed E-state index contributed by atoms with van der Waals surface area (Å²) in [6.07, 6.45) is 4.99. The minimum absolute atomic E-state index is 0.0894. The summed E-state index contributed by atoms with van der Waals surface area (Å²) >= 11 is 0. The Kier molecular flexibility index (Phi) is 5.33. The number of ether oxygens (including phenoxy) is 3. The highest BCUT2D eigenvalue weighted by molar-refractivity contribution is 5.68. The third kappa shape index (κ3) is 3.52. The molecule has 0 saturated carbocycles. The van der Waals surface area contributed by atoms with Gasteiger partial charge < -0.3 is 24.4 Å². The zero-order valence-corrected chi connectivity index (χ0v) is 18.8. The van der Waals surface area contributed by atoms with Crippen LogP contribution in [0, 0.1) is 0 Å². The lowest BCUT2D eigenvalue weighted by Gasteiger charge is -2.36. The Morgan fingerprint density at radius 1 is 1.25 bits per heavy atom. The van der Waals surface area contributed by atoms with Crippen molar-refractivity contribution in [2.45, 2.75) is 50.0 Å². The van der Waals surface area contributed by atoms with Crippen LogP contribution >= 0.6 is 0 Å². The minimum atomic E-state index is -0.415. The Labute approximate surface area is 189 Å². The smallest absolute Gasteiger partial charge is 0.408 e. The van der Waals surface area contributed by atoms with Crippen LogP contribution in [0.4, 0.5) is 4.79 Å². The standard InChI is InChI=1S/C26H30N2O4/c1-17(18-7-5-4-6-8-18)27-25(29)31-20-11-12-26-13-14-28(2)16-19-9-10-21(30-3)24(23(19)26)32-22(26)15-20/h4-12,17,20,22H,13-16H2,1-3H3,(H,27,29)/t17-,20+,22+,26+/m1/s1. The van der Waals surface area contributed by atoms with Crippen LogP contribution in [0.3, 0.4) is 0 Å². The van der Waals surface area contributed by atoms with Crippen LogP contribution < -0.4 is 14.8 Å². The Balaban J connectivity index is 1.36. The number of benzene rings is 2. The first kappa shape index (κ1) is 20.9. The van der Waals surface area contributed by atoms with E-state index in [2.05, 4.69) is 29.4 Å². The van der Waals surface area contributed by atoms with Crippen LogP contribution in [0.2, 0.25) is 0 Å². The zero-order valence-electron chi connectivity index (χ0n) is 18.8. The van der Waals surface area contributed by atoms with E-state index in [9.17, 15) is 4.79 Å². The molecule has 5 rings (SSSR count). The molecule has 6 heteroatoms. The van der Waals surface area contributed by atoms with E-state index in [1.807, 2.05) is 49.4 Å². The van der Waals surface area contributed by atoms with E-state index in [-0.39, 0.29) is 23.7 Å². The van der Waals surface area contributed by atoms with Crippen molar-refractivity contribution in [3.05, 3.63) is 71.3 Å². The maximum atomic E-state index is 12.6. The molecule has 3 aliphatic rings. The van der Waals surface area contributed by atoms with E-state index in [1.165, 1.54) is 11.1 Å². The van der Waals surface area contributed by atoms with Crippen molar-refractivity contribution in [2.75, 3.05) is 20.7 Å². The van der Waals surface area contributed by atoms with Crippen molar-refractivity contribution in [3.8, 4) is 11.5 Å². The van der Waals surface area contributed by atoms with Gasteiger partial charge in [0.05, 0.1) is 18.6 Å². The highest BCUT2D eigenvalue weighted by atomic mass is 16.6. The molecule has 168 valence electrons. The van der Waals surface area contributed by atoms with Gasteiger partial charge in [0.2, 0.25) is 0 Å². The second-order valence-corrected chi connectivity index (χ2v) is 9.08. The molecule has 0 aromatic heterocycles. The largest absolute Gasteiger partial charge is 0.493 e.